The van der Waals surface area contributed by atoms with Gasteiger partial charge in [-0.1, -0.05) is 24.3 Å². The molecule has 2 aromatic rings. The van der Waals surface area contributed by atoms with Crippen molar-refractivity contribution in [2.75, 3.05) is 21.0 Å². The molecule has 0 aromatic heterocycles. The van der Waals surface area contributed by atoms with E-state index in [1.807, 2.05) is 0 Å². The van der Waals surface area contributed by atoms with Crippen LogP contribution in [0.1, 0.15) is 17.0 Å². The summed E-state index contributed by atoms with van der Waals surface area (Å²) in [5.41, 5.74) is -0.870. The Hall–Kier alpha value is -3.55. The van der Waals surface area contributed by atoms with Crippen LogP contribution in [0.15, 0.2) is 42.5 Å². The van der Waals surface area contributed by atoms with E-state index in [0.29, 0.717) is 22.6 Å². The summed E-state index contributed by atoms with van der Waals surface area (Å²) in [6.45, 7) is 0.0630. The SMILES string of the molecule is COC(=O)C1(C(=O)OC)Oc2cc3c(cc2[C@@H]1/C=C/c1ccc(F)cc1)OCO3. The first-order chi connectivity index (χ1) is 14.0. The fraction of sp³-hybridized carbons (Fsp3) is 0.238. The van der Waals surface area contributed by atoms with Crippen molar-refractivity contribution in [2.24, 2.45) is 0 Å². The van der Waals surface area contributed by atoms with Gasteiger partial charge < -0.3 is 23.7 Å². The van der Waals surface area contributed by atoms with Crippen LogP contribution in [0.25, 0.3) is 6.08 Å². The third-order valence-corrected chi connectivity index (χ3v) is 4.88. The van der Waals surface area contributed by atoms with Gasteiger partial charge in [-0.25, -0.2) is 14.0 Å². The summed E-state index contributed by atoms with van der Waals surface area (Å²) in [4.78, 5) is 25.5. The average Bonchev–Trinajstić information content (AvgIpc) is 3.32. The average molecular weight is 400 g/mol. The molecule has 4 rings (SSSR count). The molecule has 0 saturated carbocycles. The van der Waals surface area contributed by atoms with Gasteiger partial charge >= 0.3 is 17.5 Å². The van der Waals surface area contributed by atoms with E-state index in [9.17, 15) is 14.0 Å². The Bertz CT molecular complexity index is 981. The first-order valence-electron chi connectivity index (χ1n) is 8.72. The number of carbonyl (C=O) groups excluding carboxylic acids is 2. The molecule has 8 heteroatoms. The Morgan fingerprint density at radius 3 is 2.28 bits per heavy atom. The molecular weight excluding hydrogens is 383 g/mol. The highest BCUT2D eigenvalue weighted by Crippen LogP contribution is 2.51. The van der Waals surface area contributed by atoms with Gasteiger partial charge in [0.15, 0.2) is 11.5 Å². The number of carbonyl (C=O) groups is 2. The van der Waals surface area contributed by atoms with E-state index in [0.717, 1.165) is 14.2 Å². The molecule has 0 unspecified atom stereocenters. The van der Waals surface area contributed by atoms with E-state index in [1.165, 1.54) is 12.1 Å². The zero-order valence-electron chi connectivity index (χ0n) is 15.6. The highest BCUT2D eigenvalue weighted by Gasteiger charge is 2.62. The van der Waals surface area contributed by atoms with E-state index in [4.69, 9.17) is 23.7 Å². The summed E-state index contributed by atoms with van der Waals surface area (Å²) < 4.78 is 39.6. The molecule has 29 heavy (non-hydrogen) atoms. The molecule has 0 amide bonds. The molecule has 150 valence electrons. The molecule has 0 radical (unpaired) electrons. The maximum absolute atomic E-state index is 13.2. The van der Waals surface area contributed by atoms with Crippen LogP contribution in [0.5, 0.6) is 17.2 Å². The molecule has 0 spiro atoms. The maximum atomic E-state index is 13.2. The van der Waals surface area contributed by atoms with Crippen LogP contribution in [-0.4, -0.2) is 38.6 Å². The van der Waals surface area contributed by atoms with Crippen molar-refractivity contribution < 1.29 is 37.7 Å². The summed E-state index contributed by atoms with van der Waals surface area (Å²) in [5.74, 6) is -1.88. The van der Waals surface area contributed by atoms with Crippen molar-refractivity contribution in [3.8, 4) is 17.2 Å². The minimum absolute atomic E-state index is 0.0630. The van der Waals surface area contributed by atoms with Crippen molar-refractivity contribution in [2.45, 2.75) is 11.5 Å². The van der Waals surface area contributed by atoms with Gasteiger partial charge in [0.2, 0.25) is 6.79 Å². The second-order valence-electron chi connectivity index (χ2n) is 6.45. The number of hydrogen-bond acceptors (Lipinski definition) is 7. The van der Waals surface area contributed by atoms with Crippen LogP contribution in [0.4, 0.5) is 4.39 Å². The summed E-state index contributed by atoms with van der Waals surface area (Å²) in [5, 5.41) is 0. The normalized spacial score (nSPS) is 18.2. The Kier molecular flexibility index (Phi) is 4.62. The van der Waals surface area contributed by atoms with Gasteiger partial charge in [-0.3, -0.25) is 0 Å². The molecule has 0 saturated heterocycles. The highest BCUT2D eigenvalue weighted by atomic mass is 19.1. The zero-order valence-corrected chi connectivity index (χ0v) is 15.6. The monoisotopic (exact) mass is 400 g/mol. The van der Waals surface area contributed by atoms with Crippen LogP contribution >= 0.6 is 0 Å². The minimum atomic E-state index is -2.07. The molecule has 1 atom stereocenters. The molecule has 0 fully saturated rings. The van der Waals surface area contributed by atoms with Crippen molar-refractivity contribution >= 4 is 18.0 Å². The van der Waals surface area contributed by atoms with Gasteiger partial charge in [-0.05, 0) is 23.8 Å². The first kappa shape index (κ1) is 18.8. The second kappa shape index (κ2) is 7.12. The summed E-state index contributed by atoms with van der Waals surface area (Å²) in [7, 11) is 2.32. The first-order valence-corrected chi connectivity index (χ1v) is 8.72. The fourth-order valence-corrected chi connectivity index (χ4v) is 3.47. The summed E-state index contributed by atoms with van der Waals surface area (Å²) in [6.07, 6.45) is 3.28. The van der Waals surface area contributed by atoms with Crippen LogP contribution < -0.4 is 14.2 Å². The molecule has 7 nitrogen and oxygen atoms in total. The van der Waals surface area contributed by atoms with E-state index in [1.54, 1.807) is 36.4 Å². The quantitative estimate of drug-likeness (QED) is 0.577. The summed E-state index contributed by atoms with van der Waals surface area (Å²) >= 11 is 0. The van der Waals surface area contributed by atoms with Crippen molar-refractivity contribution in [1.82, 2.24) is 0 Å². The van der Waals surface area contributed by atoms with E-state index < -0.39 is 23.5 Å². The third-order valence-electron chi connectivity index (χ3n) is 4.88. The number of ether oxygens (including phenoxy) is 5. The fourth-order valence-electron chi connectivity index (χ4n) is 3.47. The van der Waals surface area contributed by atoms with E-state index >= 15 is 0 Å². The number of hydrogen-bond donors (Lipinski definition) is 0. The zero-order chi connectivity index (χ0) is 20.6. The van der Waals surface area contributed by atoms with E-state index in [-0.39, 0.29) is 18.4 Å². The Labute approximate surface area is 165 Å². The Morgan fingerprint density at radius 2 is 1.66 bits per heavy atom. The predicted octanol–water partition coefficient (Wildman–Crippen LogP) is 2.83. The Balaban J connectivity index is 1.84. The standard InChI is InChI=1S/C21H17FO7/c1-25-19(23)21(20(24)26-2)15(8-5-12-3-6-13(22)7-4-12)14-9-17-18(28-11-27-17)10-16(14)29-21/h3-10,15H,11H2,1-2H3/b8-5+/t15-/m0/s1. The van der Waals surface area contributed by atoms with Crippen molar-refractivity contribution in [1.29, 1.82) is 0 Å². The topological polar surface area (TPSA) is 80.3 Å². The number of benzene rings is 2. The van der Waals surface area contributed by atoms with Crippen molar-refractivity contribution in [3.05, 3.63) is 59.4 Å². The Morgan fingerprint density at radius 1 is 1.03 bits per heavy atom. The van der Waals surface area contributed by atoms with Gasteiger partial charge in [0, 0.05) is 11.6 Å². The lowest BCUT2D eigenvalue weighted by atomic mass is 9.83. The minimum Gasteiger partial charge on any atom is -0.466 e. The number of rotatable bonds is 4. The van der Waals surface area contributed by atoms with Crippen LogP contribution in [-0.2, 0) is 19.1 Å². The number of fused-ring (bicyclic) bond motifs is 2. The van der Waals surface area contributed by atoms with Crippen molar-refractivity contribution in [3.63, 3.8) is 0 Å². The summed E-state index contributed by atoms with van der Waals surface area (Å²) in [6, 6.07) is 8.98. The lowest BCUT2D eigenvalue weighted by molar-refractivity contribution is -0.176. The van der Waals surface area contributed by atoms with Gasteiger partial charge in [-0.2, -0.15) is 0 Å². The second-order valence-corrected chi connectivity index (χ2v) is 6.45. The molecule has 2 heterocycles. The van der Waals surface area contributed by atoms with E-state index in [2.05, 4.69) is 0 Å². The smallest absolute Gasteiger partial charge is 0.363 e. The van der Waals surface area contributed by atoms with Crippen LogP contribution in [0, 0.1) is 5.82 Å². The predicted molar refractivity (Wildman–Crippen MR) is 98.1 cm³/mol. The van der Waals surface area contributed by atoms with Gasteiger partial charge in [-0.15, -0.1) is 0 Å². The van der Waals surface area contributed by atoms with Gasteiger partial charge in [0.25, 0.3) is 0 Å². The largest absolute Gasteiger partial charge is 0.466 e. The lowest BCUT2D eigenvalue weighted by Gasteiger charge is -2.27. The highest BCUT2D eigenvalue weighted by molar-refractivity contribution is 6.07. The molecule has 0 bridgehead atoms. The number of halogens is 1. The number of methoxy groups -OCH3 is 2. The van der Waals surface area contributed by atoms with Crippen LogP contribution in [0.2, 0.25) is 0 Å². The molecular formula is C21H17FO7. The van der Waals surface area contributed by atoms with Crippen LogP contribution in [0.3, 0.4) is 0 Å². The maximum Gasteiger partial charge on any atom is 0.363 e. The van der Waals surface area contributed by atoms with Gasteiger partial charge in [0.1, 0.15) is 11.6 Å². The molecule has 2 aliphatic heterocycles. The molecule has 2 aromatic carbocycles. The van der Waals surface area contributed by atoms with Gasteiger partial charge in [0.05, 0.1) is 20.1 Å². The third kappa shape index (κ3) is 2.97. The number of esters is 2. The molecule has 2 aliphatic rings. The lowest BCUT2D eigenvalue weighted by Crippen LogP contribution is -2.54. The molecule has 0 aliphatic carbocycles. The molecule has 0 N–H and O–H groups in total.